The number of anilines is 1. The summed E-state index contributed by atoms with van der Waals surface area (Å²) in [5.41, 5.74) is 0.350. The van der Waals surface area contributed by atoms with Crippen LogP contribution >= 0.6 is 11.6 Å². The Balaban J connectivity index is 2.20. The second kappa shape index (κ2) is 8.39. The number of aliphatic carboxylic acids is 1. The number of hydrogen-bond donors (Lipinski definition) is 1. The van der Waals surface area contributed by atoms with Crippen molar-refractivity contribution in [2.45, 2.75) is 20.0 Å². The van der Waals surface area contributed by atoms with Crippen molar-refractivity contribution in [3.63, 3.8) is 0 Å². The highest BCUT2D eigenvalue weighted by atomic mass is 35.5. The zero-order chi connectivity index (χ0) is 18.4. The summed E-state index contributed by atoms with van der Waals surface area (Å²) in [6.07, 6.45) is 1.89. The van der Waals surface area contributed by atoms with E-state index in [-0.39, 0.29) is 24.6 Å². The SMILES string of the molecule is COc1cc(OCc2ncc(C)o2)c(Cl)cc1N(C=O)CCC(=O)O. The molecule has 1 aromatic heterocycles. The van der Waals surface area contributed by atoms with Crippen LogP contribution in [-0.2, 0) is 16.2 Å². The first kappa shape index (κ1) is 18.6. The predicted molar refractivity (Wildman–Crippen MR) is 89.2 cm³/mol. The number of carbonyl (C=O) groups is 2. The highest BCUT2D eigenvalue weighted by Gasteiger charge is 2.17. The molecular weight excluding hydrogens is 352 g/mol. The van der Waals surface area contributed by atoms with Crippen LogP contribution in [0.5, 0.6) is 11.5 Å². The van der Waals surface area contributed by atoms with Gasteiger partial charge in [0.05, 0.1) is 30.4 Å². The van der Waals surface area contributed by atoms with Crippen molar-refractivity contribution in [1.29, 1.82) is 0 Å². The Kier molecular flexibility index (Phi) is 6.24. The molecule has 1 N–H and O–H groups in total. The summed E-state index contributed by atoms with van der Waals surface area (Å²) in [4.78, 5) is 27.2. The van der Waals surface area contributed by atoms with Gasteiger partial charge in [0.1, 0.15) is 17.3 Å². The lowest BCUT2D eigenvalue weighted by Gasteiger charge is -2.20. The van der Waals surface area contributed by atoms with E-state index in [9.17, 15) is 9.59 Å². The maximum absolute atomic E-state index is 11.3. The molecule has 0 unspecified atom stereocenters. The van der Waals surface area contributed by atoms with E-state index in [2.05, 4.69) is 4.98 Å². The molecule has 0 aliphatic carbocycles. The number of aryl methyl sites for hydroxylation is 1. The lowest BCUT2D eigenvalue weighted by atomic mass is 10.2. The van der Waals surface area contributed by atoms with Gasteiger partial charge < -0.3 is 23.9 Å². The van der Waals surface area contributed by atoms with Gasteiger partial charge in [0.15, 0.2) is 6.61 Å². The van der Waals surface area contributed by atoms with Gasteiger partial charge in [-0.2, -0.15) is 0 Å². The molecule has 1 heterocycles. The molecule has 1 amide bonds. The van der Waals surface area contributed by atoms with Crippen molar-refractivity contribution in [3.05, 3.63) is 35.0 Å². The zero-order valence-corrected chi connectivity index (χ0v) is 14.4. The van der Waals surface area contributed by atoms with Crippen molar-refractivity contribution in [1.82, 2.24) is 4.98 Å². The standard InChI is InChI=1S/C16H17ClN2O6/c1-10-7-18-15(25-10)8-24-13-6-14(23-2)12(5-11(13)17)19(9-20)4-3-16(21)22/h5-7,9H,3-4,8H2,1-2H3,(H,21,22). The average molecular weight is 369 g/mol. The number of halogens is 1. The highest BCUT2D eigenvalue weighted by Crippen LogP contribution is 2.38. The maximum Gasteiger partial charge on any atom is 0.305 e. The number of hydrogen-bond acceptors (Lipinski definition) is 6. The smallest absolute Gasteiger partial charge is 0.305 e. The molecule has 1 aromatic carbocycles. The molecule has 0 aliphatic heterocycles. The number of carboxylic acid groups (broad SMARTS) is 1. The summed E-state index contributed by atoms with van der Waals surface area (Å²) < 4.78 is 16.2. The van der Waals surface area contributed by atoms with Crippen molar-refractivity contribution >= 4 is 29.7 Å². The van der Waals surface area contributed by atoms with E-state index in [4.69, 9.17) is 30.6 Å². The average Bonchev–Trinajstić information content (AvgIpc) is 2.99. The number of aromatic nitrogens is 1. The van der Waals surface area contributed by atoms with E-state index in [0.717, 1.165) is 0 Å². The van der Waals surface area contributed by atoms with E-state index in [1.807, 2.05) is 0 Å². The lowest BCUT2D eigenvalue weighted by molar-refractivity contribution is -0.136. The number of carboxylic acids is 1. The molecule has 0 radical (unpaired) electrons. The zero-order valence-electron chi connectivity index (χ0n) is 13.7. The Bertz CT molecular complexity index is 761. The Hall–Kier alpha value is -2.74. The summed E-state index contributed by atoms with van der Waals surface area (Å²) in [7, 11) is 1.42. The second-order valence-corrected chi connectivity index (χ2v) is 5.46. The minimum absolute atomic E-state index is 0.0126. The number of ether oxygens (including phenoxy) is 2. The fraction of sp³-hybridized carbons (Fsp3) is 0.312. The molecule has 25 heavy (non-hydrogen) atoms. The number of oxazole rings is 1. The van der Waals surface area contributed by atoms with Crippen LogP contribution in [0, 0.1) is 6.92 Å². The first-order valence-electron chi connectivity index (χ1n) is 7.30. The normalized spacial score (nSPS) is 10.4. The van der Waals surface area contributed by atoms with Crippen LogP contribution in [0.15, 0.2) is 22.7 Å². The van der Waals surface area contributed by atoms with Crippen LogP contribution in [0.1, 0.15) is 18.1 Å². The van der Waals surface area contributed by atoms with Crippen LogP contribution in [0.2, 0.25) is 5.02 Å². The molecule has 0 aliphatic rings. The van der Waals surface area contributed by atoms with Gasteiger partial charge in [0, 0.05) is 12.6 Å². The monoisotopic (exact) mass is 368 g/mol. The molecule has 8 nitrogen and oxygen atoms in total. The van der Waals surface area contributed by atoms with Crippen LogP contribution in [-0.4, -0.2) is 36.1 Å². The first-order valence-corrected chi connectivity index (χ1v) is 7.67. The lowest BCUT2D eigenvalue weighted by Crippen LogP contribution is -2.24. The third kappa shape index (κ3) is 4.87. The minimum Gasteiger partial charge on any atom is -0.494 e. The fourth-order valence-electron chi connectivity index (χ4n) is 2.08. The molecule has 134 valence electrons. The largest absolute Gasteiger partial charge is 0.494 e. The van der Waals surface area contributed by atoms with Gasteiger partial charge in [0.25, 0.3) is 0 Å². The van der Waals surface area contributed by atoms with Crippen LogP contribution in [0.4, 0.5) is 5.69 Å². The van der Waals surface area contributed by atoms with Gasteiger partial charge in [-0.25, -0.2) is 4.98 Å². The first-order chi connectivity index (χ1) is 11.9. The molecule has 0 bridgehead atoms. The number of carbonyl (C=O) groups excluding carboxylic acids is 1. The summed E-state index contributed by atoms with van der Waals surface area (Å²) in [6, 6.07) is 3.00. The number of benzene rings is 1. The minimum atomic E-state index is -1.02. The molecule has 0 fully saturated rings. The molecule has 2 rings (SSSR count). The van der Waals surface area contributed by atoms with Gasteiger partial charge in [-0.3, -0.25) is 9.59 Å². The summed E-state index contributed by atoms with van der Waals surface area (Å²) in [5, 5.41) is 9.01. The van der Waals surface area contributed by atoms with E-state index in [0.29, 0.717) is 35.2 Å². The Morgan fingerprint density at radius 1 is 1.44 bits per heavy atom. The van der Waals surface area contributed by atoms with Crippen molar-refractivity contribution < 1.29 is 28.6 Å². The summed E-state index contributed by atoms with van der Waals surface area (Å²) in [5.74, 6) is 0.686. The van der Waals surface area contributed by atoms with Crippen LogP contribution in [0.25, 0.3) is 0 Å². The predicted octanol–water partition coefficient (Wildman–Crippen LogP) is 2.66. The van der Waals surface area contributed by atoms with Gasteiger partial charge in [-0.1, -0.05) is 11.6 Å². The molecule has 0 spiro atoms. The Morgan fingerprint density at radius 3 is 2.76 bits per heavy atom. The third-order valence-corrected chi connectivity index (χ3v) is 3.55. The molecule has 0 saturated heterocycles. The summed E-state index contributed by atoms with van der Waals surface area (Å²) in [6.45, 7) is 1.83. The van der Waals surface area contributed by atoms with Crippen molar-refractivity contribution in [3.8, 4) is 11.5 Å². The fourth-order valence-corrected chi connectivity index (χ4v) is 2.29. The third-order valence-electron chi connectivity index (χ3n) is 3.26. The molecular formula is C16H17ClN2O6. The second-order valence-electron chi connectivity index (χ2n) is 5.05. The number of methoxy groups -OCH3 is 1. The van der Waals surface area contributed by atoms with Gasteiger partial charge in [-0.05, 0) is 13.0 Å². The van der Waals surface area contributed by atoms with E-state index >= 15 is 0 Å². The van der Waals surface area contributed by atoms with Gasteiger partial charge >= 0.3 is 5.97 Å². The molecule has 0 saturated carbocycles. The van der Waals surface area contributed by atoms with E-state index < -0.39 is 5.97 Å². The summed E-state index contributed by atoms with van der Waals surface area (Å²) >= 11 is 6.20. The molecule has 0 atom stereocenters. The highest BCUT2D eigenvalue weighted by molar-refractivity contribution is 6.32. The Morgan fingerprint density at radius 2 is 2.20 bits per heavy atom. The molecule has 2 aromatic rings. The molecule has 9 heteroatoms. The van der Waals surface area contributed by atoms with Gasteiger partial charge in [0.2, 0.25) is 12.3 Å². The van der Waals surface area contributed by atoms with Crippen LogP contribution < -0.4 is 14.4 Å². The van der Waals surface area contributed by atoms with E-state index in [1.165, 1.54) is 24.1 Å². The quantitative estimate of drug-likeness (QED) is 0.679. The topological polar surface area (TPSA) is 102 Å². The van der Waals surface area contributed by atoms with Crippen molar-refractivity contribution in [2.24, 2.45) is 0 Å². The number of amides is 1. The maximum atomic E-state index is 11.3. The van der Waals surface area contributed by atoms with Gasteiger partial charge in [-0.15, -0.1) is 0 Å². The Labute approximate surface area is 148 Å². The number of rotatable bonds is 9. The van der Waals surface area contributed by atoms with Crippen molar-refractivity contribution in [2.75, 3.05) is 18.6 Å². The van der Waals surface area contributed by atoms with Crippen LogP contribution in [0.3, 0.4) is 0 Å². The van der Waals surface area contributed by atoms with E-state index in [1.54, 1.807) is 13.1 Å². The number of nitrogens with zero attached hydrogens (tertiary/aromatic N) is 2.